The molecule has 1 atom stereocenters. The molecule has 1 aliphatic heterocycles. The summed E-state index contributed by atoms with van der Waals surface area (Å²) in [5, 5.41) is 0. The van der Waals surface area contributed by atoms with Gasteiger partial charge in [0.05, 0.1) is 0 Å². The van der Waals surface area contributed by atoms with Gasteiger partial charge in [0.2, 0.25) is 0 Å². The molecular formula is C15H25N. The zero-order chi connectivity index (χ0) is 12.1. The summed E-state index contributed by atoms with van der Waals surface area (Å²) in [6.07, 6.45) is 1.21. The van der Waals surface area contributed by atoms with E-state index in [4.69, 9.17) is 0 Å². The first-order valence-electron chi connectivity index (χ1n) is 6.53. The van der Waals surface area contributed by atoms with Gasteiger partial charge in [-0.3, -0.25) is 4.90 Å². The second-order valence-electron chi connectivity index (χ2n) is 4.46. The lowest BCUT2D eigenvalue weighted by molar-refractivity contribution is 0.154. The summed E-state index contributed by atoms with van der Waals surface area (Å²) in [5.74, 6) is 0. The van der Waals surface area contributed by atoms with Crippen LogP contribution in [0.3, 0.4) is 0 Å². The highest BCUT2D eigenvalue weighted by atomic mass is 15.2. The van der Waals surface area contributed by atoms with Gasteiger partial charge in [0.25, 0.3) is 0 Å². The van der Waals surface area contributed by atoms with Crippen LogP contribution in [-0.2, 0) is 6.42 Å². The summed E-state index contributed by atoms with van der Waals surface area (Å²) < 4.78 is 0. The molecule has 1 nitrogen and oxygen atoms in total. The quantitative estimate of drug-likeness (QED) is 0.689. The predicted octanol–water partition coefficient (Wildman–Crippen LogP) is 4.04. The van der Waals surface area contributed by atoms with Crippen LogP contribution in [0.2, 0.25) is 0 Å². The maximum Gasteiger partial charge on any atom is 0.0325 e. The number of hydrogen-bond donors (Lipinski definition) is 0. The molecule has 1 heteroatoms. The summed E-state index contributed by atoms with van der Waals surface area (Å²) in [6, 6.07) is 10.1. The number of fused-ring (bicyclic) bond motifs is 1. The van der Waals surface area contributed by atoms with E-state index in [-0.39, 0.29) is 0 Å². The van der Waals surface area contributed by atoms with Crippen molar-refractivity contribution in [2.75, 3.05) is 6.54 Å². The van der Waals surface area contributed by atoms with E-state index >= 15 is 0 Å². The molecule has 2 rings (SSSR count). The Morgan fingerprint density at radius 1 is 1.19 bits per heavy atom. The molecule has 0 saturated carbocycles. The topological polar surface area (TPSA) is 3.24 Å². The lowest BCUT2D eigenvalue weighted by atomic mass is 9.93. The van der Waals surface area contributed by atoms with Gasteiger partial charge in [-0.25, -0.2) is 0 Å². The minimum Gasteiger partial charge on any atom is -0.294 e. The van der Waals surface area contributed by atoms with Crippen molar-refractivity contribution in [3.05, 3.63) is 35.4 Å². The van der Waals surface area contributed by atoms with Crippen LogP contribution in [0.4, 0.5) is 0 Å². The Hall–Kier alpha value is -0.820. The molecule has 0 bridgehead atoms. The largest absolute Gasteiger partial charge is 0.294 e. The second kappa shape index (κ2) is 6.05. The van der Waals surface area contributed by atoms with Gasteiger partial charge >= 0.3 is 0 Å². The van der Waals surface area contributed by atoms with E-state index < -0.39 is 0 Å². The molecule has 0 aromatic heterocycles. The average molecular weight is 219 g/mol. The van der Waals surface area contributed by atoms with Crippen molar-refractivity contribution in [3.8, 4) is 0 Å². The monoisotopic (exact) mass is 219 g/mol. The molecular weight excluding hydrogens is 194 g/mol. The highest BCUT2D eigenvalue weighted by Crippen LogP contribution is 2.30. The standard InChI is InChI=1S/C13H19N.C2H6/c1-10(2)14-9-8-12-6-4-5-7-13(12)11(14)3;1-2/h4-7,10-11H,8-9H2,1-3H3;1-2H3/t11-;/m0./s1. The summed E-state index contributed by atoms with van der Waals surface area (Å²) in [5.41, 5.74) is 3.06. The SMILES string of the molecule is CC.CC(C)N1CCc2ccccc2[C@@H]1C. The van der Waals surface area contributed by atoms with Crippen molar-refractivity contribution in [3.63, 3.8) is 0 Å². The zero-order valence-electron chi connectivity index (χ0n) is 11.3. The van der Waals surface area contributed by atoms with Gasteiger partial charge in [-0.1, -0.05) is 38.1 Å². The van der Waals surface area contributed by atoms with E-state index in [0.717, 1.165) is 0 Å². The fraction of sp³-hybridized carbons (Fsp3) is 0.600. The van der Waals surface area contributed by atoms with Crippen molar-refractivity contribution in [1.82, 2.24) is 4.90 Å². The van der Waals surface area contributed by atoms with Crippen molar-refractivity contribution < 1.29 is 0 Å². The van der Waals surface area contributed by atoms with E-state index in [0.29, 0.717) is 12.1 Å². The lowest BCUT2D eigenvalue weighted by Gasteiger charge is -2.38. The fourth-order valence-corrected chi connectivity index (χ4v) is 2.50. The van der Waals surface area contributed by atoms with Crippen LogP contribution in [-0.4, -0.2) is 17.5 Å². The van der Waals surface area contributed by atoms with Gasteiger partial charge in [-0.2, -0.15) is 0 Å². The third-order valence-corrected chi connectivity index (χ3v) is 3.31. The van der Waals surface area contributed by atoms with E-state index in [1.165, 1.54) is 24.1 Å². The normalized spacial score (nSPS) is 20.0. The van der Waals surface area contributed by atoms with Crippen molar-refractivity contribution in [1.29, 1.82) is 0 Å². The highest BCUT2D eigenvalue weighted by Gasteiger charge is 2.24. The lowest BCUT2D eigenvalue weighted by Crippen LogP contribution is -2.38. The maximum absolute atomic E-state index is 2.57. The Bertz CT molecular complexity index is 317. The van der Waals surface area contributed by atoms with E-state index in [2.05, 4.69) is 49.9 Å². The van der Waals surface area contributed by atoms with Crippen LogP contribution in [0.1, 0.15) is 51.8 Å². The zero-order valence-corrected chi connectivity index (χ0v) is 11.3. The number of hydrogen-bond acceptors (Lipinski definition) is 1. The summed E-state index contributed by atoms with van der Waals surface area (Å²) in [4.78, 5) is 2.57. The Balaban J connectivity index is 0.000000606. The van der Waals surface area contributed by atoms with Gasteiger partial charge in [-0.15, -0.1) is 0 Å². The smallest absolute Gasteiger partial charge is 0.0325 e. The molecule has 0 N–H and O–H groups in total. The third-order valence-electron chi connectivity index (χ3n) is 3.31. The third kappa shape index (κ3) is 2.65. The summed E-state index contributed by atoms with van der Waals surface area (Å²) in [7, 11) is 0. The molecule has 0 saturated heterocycles. The van der Waals surface area contributed by atoms with Gasteiger partial charge < -0.3 is 0 Å². The Labute approximate surface area is 100 Å². The predicted molar refractivity (Wildman–Crippen MR) is 71.8 cm³/mol. The number of nitrogens with zero attached hydrogens (tertiary/aromatic N) is 1. The number of benzene rings is 1. The molecule has 0 aliphatic carbocycles. The number of rotatable bonds is 1. The van der Waals surface area contributed by atoms with Crippen molar-refractivity contribution >= 4 is 0 Å². The average Bonchev–Trinajstić information content (AvgIpc) is 2.32. The maximum atomic E-state index is 2.57. The van der Waals surface area contributed by atoms with Crippen LogP contribution in [0.25, 0.3) is 0 Å². The fourth-order valence-electron chi connectivity index (χ4n) is 2.50. The summed E-state index contributed by atoms with van der Waals surface area (Å²) >= 11 is 0. The first-order valence-corrected chi connectivity index (χ1v) is 6.53. The van der Waals surface area contributed by atoms with Crippen LogP contribution in [0, 0.1) is 0 Å². The van der Waals surface area contributed by atoms with Crippen LogP contribution in [0.15, 0.2) is 24.3 Å². The molecule has 1 aliphatic rings. The molecule has 0 fully saturated rings. The first kappa shape index (κ1) is 13.2. The Kier molecular flexibility index (Phi) is 5.01. The van der Waals surface area contributed by atoms with Crippen molar-refractivity contribution in [2.24, 2.45) is 0 Å². The van der Waals surface area contributed by atoms with Gasteiger partial charge in [0, 0.05) is 18.6 Å². The minimum atomic E-state index is 0.583. The molecule has 1 aromatic rings. The van der Waals surface area contributed by atoms with Crippen molar-refractivity contribution in [2.45, 2.75) is 53.1 Å². The van der Waals surface area contributed by atoms with E-state index in [1.54, 1.807) is 0 Å². The second-order valence-corrected chi connectivity index (χ2v) is 4.46. The molecule has 90 valence electrons. The van der Waals surface area contributed by atoms with Crippen LogP contribution in [0.5, 0.6) is 0 Å². The Morgan fingerprint density at radius 3 is 2.44 bits per heavy atom. The summed E-state index contributed by atoms with van der Waals surface area (Å²) in [6.45, 7) is 12.1. The van der Waals surface area contributed by atoms with Crippen LogP contribution < -0.4 is 0 Å². The minimum absolute atomic E-state index is 0.583. The van der Waals surface area contributed by atoms with E-state index in [9.17, 15) is 0 Å². The molecule has 1 heterocycles. The Morgan fingerprint density at radius 2 is 1.81 bits per heavy atom. The molecule has 0 amide bonds. The highest BCUT2D eigenvalue weighted by molar-refractivity contribution is 5.32. The molecule has 0 spiro atoms. The van der Waals surface area contributed by atoms with Crippen LogP contribution >= 0.6 is 0 Å². The van der Waals surface area contributed by atoms with Gasteiger partial charge in [0.15, 0.2) is 0 Å². The molecule has 0 unspecified atom stereocenters. The molecule has 16 heavy (non-hydrogen) atoms. The van der Waals surface area contributed by atoms with Gasteiger partial charge in [-0.05, 0) is 38.3 Å². The van der Waals surface area contributed by atoms with Gasteiger partial charge in [0.1, 0.15) is 0 Å². The molecule has 0 radical (unpaired) electrons. The molecule has 1 aromatic carbocycles. The van der Waals surface area contributed by atoms with E-state index in [1.807, 2.05) is 13.8 Å². The first-order chi connectivity index (χ1) is 7.70.